The van der Waals surface area contributed by atoms with Crippen molar-refractivity contribution in [3.8, 4) is 0 Å². The van der Waals surface area contributed by atoms with E-state index in [4.69, 9.17) is 4.74 Å². The van der Waals surface area contributed by atoms with Gasteiger partial charge in [0.1, 0.15) is 5.82 Å². The fourth-order valence-corrected chi connectivity index (χ4v) is 3.30. The molecule has 1 saturated heterocycles. The van der Waals surface area contributed by atoms with E-state index >= 15 is 0 Å². The molecule has 0 aromatic heterocycles. The molecule has 0 spiro atoms. The van der Waals surface area contributed by atoms with E-state index in [0.29, 0.717) is 26.2 Å². The zero-order valence-corrected chi connectivity index (χ0v) is 16.8. The number of carbonyl (C=O) groups excluding carboxylic acids is 1. The molecule has 3 rings (SSSR count). The maximum atomic E-state index is 13.1. The summed E-state index contributed by atoms with van der Waals surface area (Å²) in [4.78, 5) is 18.6. The molecule has 28 heavy (non-hydrogen) atoms. The number of anilines is 1. The van der Waals surface area contributed by atoms with Gasteiger partial charge >= 0.3 is 0 Å². The highest BCUT2D eigenvalue weighted by atomic mass is 19.1. The highest BCUT2D eigenvalue weighted by Gasteiger charge is 2.24. The van der Waals surface area contributed by atoms with Gasteiger partial charge < -0.3 is 14.5 Å². The van der Waals surface area contributed by atoms with Crippen LogP contribution in [0, 0.1) is 5.82 Å². The predicted octanol–water partition coefficient (Wildman–Crippen LogP) is 2.92. The van der Waals surface area contributed by atoms with Crippen LogP contribution in [0.3, 0.4) is 0 Å². The first kappa shape index (κ1) is 20.3. The SMILES string of the molecule is CN(Cc1ccc(N(C)C)cc1)C(=O)CN1CCOC(c2ccc(F)cc2)C1. The maximum Gasteiger partial charge on any atom is 0.236 e. The van der Waals surface area contributed by atoms with Crippen molar-refractivity contribution in [1.82, 2.24) is 9.80 Å². The Morgan fingerprint density at radius 2 is 1.79 bits per heavy atom. The first-order chi connectivity index (χ1) is 13.4. The molecule has 0 aliphatic carbocycles. The van der Waals surface area contributed by atoms with Crippen molar-refractivity contribution in [3.63, 3.8) is 0 Å². The van der Waals surface area contributed by atoms with E-state index in [0.717, 1.165) is 23.4 Å². The van der Waals surface area contributed by atoms with E-state index in [1.165, 1.54) is 12.1 Å². The Labute approximate surface area is 166 Å². The molecule has 2 aromatic carbocycles. The summed E-state index contributed by atoms with van der Waals surface area (Å²) in [6, 6.07) is 14.6. The van der Waals surface area contributed by atoms with Crippen molar-refractivity contribution in [1.29, 1.82) is 0 Å². The van der Waals surface area contributed by atoms with Gasteiger partial charge in [-0.3, -0.25) is 9.69 Å². The number of rotatable bonds is 6. The van der Waals surface area contributed by atoms with Crippen molar-refractivity contribution in [2.24, 2.45) is 0 Å². The molecule has 1 aliphatic rings. The summed E-state index contributed by atoms with van der Waals surface area (Å²) < 4.78 is 18.9. The van der Waals surface area contributed by atoms with Gasteiger partial charge in [0.15, 0.2) is 0 Å². The number of ether oxygens (including phenoxy) is 1. The van der Waals surface area contributed by atoms with Gasteiger partial charge in [-0.2, -0.15) is 0 Å². The first-order valence-electron chi connectivity index (χ1n) is 9.52. The van der Waals surface area contributed by atoms with Crippen LogP contribution in [0.1, 0.15) is 17.2 Å². The number of amides is 1. The van der Waals surface area contributed by atoms with Crippen molar-refractivity contribution in [2.75, 3.05) is 52.3 Å². The molecule has 0 saturated carbocycles. The highest BCUT2D eigenvalue weighted by molar-refractivity contribution is 5.78. The van der Waals surface area contributed by atoms with Crippen molar-refractivity contribution >= 4 is 11.6 Å². The molecule has 0 N–H and O–H groups in total. The van der Waals surface area contributed by atoms with Crippen LogP contribution in [0.4, 0.5) is 10.1 Å². The van der Waals surface area contributed by atoms with Crippen LogP contribution in [0.5, 0.6) is 0 Å². The van der Waals surface area contributed by atoms with Gasteiger partial charge in [-0.05, 0) is 35.4 Å². The Morgan fingerprint density at radius 3 is 2.43 bits per heavy atom. The van der Waals surface area contributed by atoms with Gasteiger partial charge in [-0.1, -0.05) is 24.3 Å². The summed E-state index contributed by atoms with van der Waals surface area (Å²) >= 11 is 0. The first-order valence-corrected chi connectivity index (χ1v) is 9.52. The Kier molecular flexibility index (Phi) is 6.65. The molecule has 1 heterocycles. The van der Waals surface area contributed by atoms with Crippen LogP contribution in [0.2, 0.25) is 0 Å². The van der Waals surface area contributed by atoms with E-state index in [1.54, 1.807) is 17.0 Å². The van der Waals surface area contributed by atoms with Gasteiger partial charge in [0.25, 0.3) is 0 Å². The van der Waals surface area contributed by atoms with E-state index in [2.05, 4.69) is 34.1 Å². The number of benzene rings is 2. The second-order valence-corrected chi connectivity index (χ2v) is 7.46. The minimum atomic E-state index is -0.258. The summed E-state index contributed by atoms with van der Waals surface area (Å²) in [7, 11) is 5.85. The van der Waals surface area contributed by atoms with E-state index in [1.807, 2.05) is 21.1 Å². The third-order valence-corrected chi connectivity index (χ3v) is 5.05. The predicted molar refractivity (Wildman–Crippen MR) is 109 cm³/mol. The van der Waals surface area contributed by atoms with Gasteiger partial charge in [0, 0.05) is 46.5 Å². The van der Waals surface area contributed by atoms with E-state index in [9.17, 15) is 9.18 Å². The largest absolute Gasteiger partial charge is 0.378 e. The normalized spacial score (nSPS) is 17.4. The lowest BCUT2D eigenvalue weighted by Crippen LogP contribution is -2.44. The van der Waals surface area contributed by atoms with E-state index in [-0.39, 0.29) is 17.8 Å². The number of hydrogen-bond acceptors (Lipinski definition) is 4. The minimum absolute atomic E-state index is 0.0800. The molecular formula is C22H28FN3O2. The lowest BCUT2D eigenvalue weighted by atomic mass is 10.1. The summed E-state index contributed by atoms with van der Waals surface area (Å²) in [5.74, 6) is -0.178. The molecule has 1 aliphatic heterocycles. The average Bonchev–Trinajstić information content (AvgIpc) is 2.69. The molecule has 0 radical (unpaired) electrons. The second kappa shape index (κ2) is 9.17. The van der Waals surface area contributed by atoms with Crippen LogP contribution in [-0.2, 0) is 16.1 Å². The molecule has 2 aromatic rings. The number of nitrogens with zero attached hydrogens (tertiary/aromatic N) is 3. The monoisotopic (exact) mass is 385 g/mol. The molecule has 1 atom stereocenters. The quantitative estimate of drug-likeness (QED) is 0.766. The molecule has 5 nitrogen and oxygen atoms in total. The average molecular weight is 385 g/mol. The number of likely N-dealkylation sites (N-methyl/N-ethyl adjacent to an activating group) is 1. The van der Waals surface area contributed by atoms with Crippen molar-refractivity contribution in [3.05, 3.63) is 65.5 Å². The third kappa shape index (κ3) is 5.30. The Morgan fingerprint density at radius 1 is 1.11 bits per heavy atom. The van der Waals surface area contributed by atoms with Gasteiger partial charge in [-0.15, -0.1) is 0 Å². The van der Waals surface area contributed by atoms with Gasteiger partial charge in [-0.25, -0.2) is 4.39 Å². The smallest absolute Gasteiger partial charge is 0.236 e. The van der Waals surface area contributed by atoms with Crippen molar-refractivity contribution in [2.45, 2.75) is 12.6 Å². The van der Waals surface area contributed by atoms with Crippen LogP contribution < -0.4 is 4.90 Å². The topological polar surface area (TPSA) is 36.0 Å². The summed E-state index contributed by atoms with van der Waals surface area (Å²) in [6.45, 7) is 2.84. The number of carbonyl (C=O) groups is 1. The Bertz CT molecular complexity index is 777. The molecular weight excluding hydrogens is 357 g/mol. The lowest BCUT2D eigenvalue weighted by molar-refractivity contribution is -0.133. The number of hydrogen-bond donors (Lipinski definition) is 0. The maximum absolute atomic E-state index is 13.1. The fraction of sp³-hybridized carbons (Fsp3) is 0.409. The van der Waals surface area contributed by atoms with Crippen molar-refractivity contribution < 1.29 is 13.9 Å². The molecule has 0 bridgehead atoms. The third-order valence-electron chi connectivity index (χ3n) is 5.05. The standard InChI is InChI=1S/C22H28FN3O2/c1-24(2)20-10-4-17(5-11-20)14-25(3)22(27)16-26-12-13-28-21(15-26)18-6-8-19(23)9-7-18/h4-11,21H,12-16H2,1-3H3. The molecule has 150 valence electrons. The minimum Gasteiger partial charge on any atom is -0.378 e. The van der Waals surface area contributed by atoms with Gasteiger partial charge in [0.05, 0.1) is 19.3 Å². The highest BCUT2D eigenvalue weighted by Crippen LogP contribution is 2.22. The zero-order chi connectivity index (χ0) is 20.1. The summed E-state index contributed by atoms with van der Waals surface area (Å²) in [6.07, 6.45) is -0.133. The number of halogens is 1. The van der Waals surface area contributed by atoms with E-state index < -0.39 is 0 Å². The van der Waals surface area contributed by atoms with Crippen LogP contribution in [-0.4, -0.2) is 63.1 Å². The Hall–Kier alpha value is -2.44. The molecule has 6 heteroatoms. The van der Waals surface area contributed by atoms with Crippen LogP contribution >= 0.6 is 0 Å². The van der Waals surface area contributed by atoms with Crippen LogP contribution in [0.15, 0.2) is 48.5 Å². The Balaban J connectivity index is 1.53. The van der Waals surface area contributed by atoms with Gasteiger partial charge in [0.2, 0.25) is 5.91 Å². The summed E-state index contributed by atoms with van der Waals surface area (Å²) in [5, 5.41) is 0. The zero-order valence-electron chi connectivity index (χ0n) is 16.8. The number of morpholine rings is 1. The van der Waals surface area contributed by atoms with Crippen LogP contribution in [0.25, 0.3) is 0 Å². The fourth-order valence-electron chi connectivity index (χ4n) is 3.30. The lowest BCUT2D eigenvalue weighted by Gasteiger charge is -2.33. The molecule has 1 amide bonds. The second-order valence-electron chi connectivity index (χ2n) is 7.46. The molecule has 1 unspecified atom stereocenters. The molecule has 1 fully saturated rings. The summed E-state index contributed by atoms with van der Waals surface area (Å²) in [5.41, 5.74) is 3.18.